The van der Waals surface area contributed by atoms with Gasteiger partial charge in [-0.2, -0.15) is 4.98 Å². The van der Waals surface area contributed by atoms with Crippen LogP contribution in [0.3, 0.4) is 0 Å². The Morgan fingerprint density at radius 1 is 1.41 bits per heavy atom. The fourth-order valence-electron chi connectivity index (χ4n) is 3.67. The first kappa shape index (κ1) is 15.2. The summed E-state index contributed by atoms with van der Waals surface area (Å²) < 4.78 is 1.47. The van der Waals surface area contributed by atoms with E-state index in [0.717, 1.165) is 31.7 Å². The van der Waals surface area contributed by atoms with Gasteiger partial charge in [-0.05, 0) is 51.6 Å². The van der Waals surface area contributed by atoms with Gasteiger partial charge in [0.05, 0.1) is 0 Å². The molecule has 2 saturated heterocycles. The molecular weight excluding hydrogens is 280 g/mol. The molecule has 0 spiro atoms. The van der Waals surface area contributed by atoms with E-state index in [1.165, 1.54) is 17.4 Å². The van der Waals surface area contributed by atoms with Crippen LogP contribution in [-0.2, 0) is 11.3 Å². The summed E-state index contributed by atoms with van der Waals surface area (Å²) in [4.78, 5) is 30.4. The van der Waals surface area contributed by atoms with Gasteiger partial charge in [0.2, 0.25) is 5.91 Å². The average molecular weight is 304 g/mol. The van der Waals surface area contributed by atoms with Gasteiger partial charge in [-0.15, -0.1) is 0 Å². The summed E-state index contributed by atoms with van der Waals surface area (Å²) in [5.41, 5.74) is 1.15. The van der Waals surface area contributed by atoms with Crippen molar-refractivity contribution in [2.24, 2.45) is 5.92 Å². The highest BCUT2D eigenvalue weighted by Crippen LogP contribution is 2.24. The predicted molar refractivity (Wildman–Crippen MR) is 83.7 cm³/mol. The Balaban J connectivity index is 1.69. The summed E-state index contributed by atoms with van der Waals surface area (Å²) >= 11 is 0. The summed E-state index contributed by atoms with van der Waals surface area (Å²) in [7, 11) is 0. The zero-order valence-corrected chi connectivity index (χ0v) is 13.3. The molecule has 1 amide bonds. The molecule has 6 nitrogen and oxygen atoms in total. The number of carbonyl (C=O) groups is 1. The summed E-state index contributed by atoms with van der Waals surface area (Å²) in [5.74, 6) is 0.584. The molecule has 0 saturated carbocycles. The van der Waals surface area contributed by atoms with Gasteiger partial charge in [-0.1, -0.05) is 0 Å². The number of likely N-dealkylation sites (tertiary alicyclic amines) is 1. The lowest BCUT2D eigenvalue weighted by atomic mass is 9.85. The van der Waals surface area contributed by atoms with Crippen molar-refractivity contribution in [2.75, 3.05) is 19.6 Å². The molecule has 6 heteroatoms. The van der Waals surface area contributed by atoms with Gasteiger partial charge in [0, 0.05) is 30.5 Å². The van der Waals surface area contributed by atoms with E-state index in [0.29, 0.717) is 17.7 Å². The van der Waals surface area contributed by atoms with Gasteiger partial charge in [0.15, 0.2) is 0 Å². The lowest BCUT2D eigenvalue weighted by Crippen LogP contribution is -2.54. The highest BCUT2D eigenvalue weighted by atomic mass is 16.2. The number of fused-ring (bicyclic) bond motifs is 1. The van der Waals surface area contributed by atoms with E-state index < -0.39 is 0 Å². The Hall–Kier alpha value is -1.69. The van der Waals surface area contributed by atoms with Gasteiger partial charge >= 0.3 is 5.69 Å². The highest BCUT2D eigenvalue weighted by molar-refractivity contribution is 5.76. The van der Waals surface area contributed by atoms with E-state index in [1.54, 1.807) is 6.92 Å². The molecule has 0 bridgehead atoms. The van der Waals surface area contributed by atoms with E-state index in [-0.39, 0.29) is 18.1 Å². The average Bonchev–Trinajstić information content (AvgIpc) is 2.50. The standard InChI is InChI=1S/C16H24N4O2/c1-11-8-12(2)20(16(22)18-11)10-15(21)19-7-5-14-13(9-19)4-3-6-17-14/h8,13-14,17H,3-7,9-10H2,1-2H3/t13-,14+/m1/s1. The van der Waals surface area contributed by atoms with E-state index in [4.69, 9.17) is 0 Å². The Morgan fingerprint density at radius 2 is 2.23 bits per heavy atom. The van der Waals surface area contributed by atoms with Crippen LogP contribution in [0.25, 0.3) is 0 Å². The van der Waals surface area contributed by atoms with Crippen LogP contribution in [0.2, 0.25) is 0 Å². The van der Waals surface area contributed by atoms with Crippen molar-refractivity contribution in [3.05, 3.63) is 27.9 Å². The molecule has 2 aliphatic rings. The van der Waals surface area contributed by atoms with Crippen LogP contribution >= 0.6 is 0 Å². The summed E-state index contributed by atoms with van der Waals surface area (Å²) in [6.45, 7) is 6.42. The first-order valence-electron chi connectivity index (χ1n) is 8.11. The quantitative estimate of drug-likeness (QED) is 0.862. The molecule has 0 unspecified atom stereocenters. The van der Waals surface area contributed by atoms with Crippen LogP contribution in [0.15, 0.2) is 10.9 Å². The molecule has 2 aliphatic heterocycles. The third-order valence-corrected chi connectivity index (χ3v) is 4.88. The first-order chi connectivity index (χ1) is 10.5. The second-order valence-corrected chi connectivity index (χ2v) is 6.50. The van der Waals surface area contributed by atoms with Crippen LogP contribution in [0.5, 0.6) is 0 Å². The normalized spacial score (nSPS) is 24.9. The number of hydrogen-bond acceptors (Lipinski definition) is 4. The lowest BCUT2D eigenvalue weighted by molar-refractivity contribution is -0.134. The zero-order chi connectivity index (χ0) is 15.7. The summed E-state index contributed by atoms with van der Waals surface area (Å²) in [5, 5.41) is 3.55. The molecule has 0 aromatic carbocycles. The monoisotopic (exact) mass is 304 g/mol. The van der Waals surface area contributed by atoms with Crippen molar-refractivity contribution >= 4 is 5.91 Å². The lowest BCUT2D eigenvalue weighted by Gasteiger charge is -2.41. The molecule has 22 heavy (non-hydrogen) atoms. The number of amides is 1. The smallest absolute Gasteiger partial charge is 0.341 e. The number of carbonyl (C=O) groups excluding carboxylic acids is 1. The largest absolute Gasteiger partial charge is 0.348 e. The molecule has 0 aliphatic carbocycles. The molecule has 120 valence electrons. The SMILES string of the molecule is Cc1cc(C)n(CC(=O)N2CC[C@@H]3NCCC[C@@H]3C2)c(=O)n1. The van der Waals surface area contributed by atoms with Gasteiger partial charge < -0.3 is 10.2 Å². The molecule has 3 heterocycles. The predicted octanol–water partition coefficient (Wildman–Crippen LogP) is 0.461. The van der Waals surface area contributed by atoms with E-state index in [1.807, 2.05) is 17.9 Å². The van der Waals surface area contributed by atoms with Gasteiger partial charge in [-0.3, -0.25) is 9.36 Å². The number of aryl methyl sites for hydroxylation is 2. The molecule has 3 rings (SSSR count). The fraction of sp³-hybridized carbons (Fsp3) is 0.688. The summed E-state index contributed by atoms with van der Waals surface area (Å²) in [6.07, 6.45) is 3.38. The fourth-order valence-corrected chi connectivity index (χ4v) is 3.67. The zero-order valence-electron chi connectivity index (χ0n) is 13.3. The minimum absolute atomic E-state index is 0.0277. The van der Waals surface area contributed by atoms with Crippen molar-refractivity contribution in [1.29, 1.82) is 0 Å². The second kappa shape index (κ2) is 6.20. The number of nitrogens with zero attached hydrogens (tertiary/aromatic N) is 3. The molecule has 1 N–H and O–H groups in total. The Kier molecular flexibility index (Phi) is 4.29. The molecular formula is C16H24N4O2. The van der Waals surface area contributed by atoms with E-state index in [9.17, 15) is 9.59 Å². The Morgan fingerprint density at radius 3 is 3.00 bits per heavy atom. The van der Waals surface area contributed by atoms with Crippen molar-refractivity contribution in [2.45, 2.75) is 45.7 Å². The minimum atomic E-state index is -0.333. The highest BCUT2D eigenvalue weighted by Gasteiger charge is 2.32. The van der Waals surface area contributed by atoms with Crippen LogP contribution in [0.4, 0.5) is 0 Å². The Bertz CT molecular complexity index is 625. The topological polar surface area (TPSA) is 67.2 Å². The van der Waals surface area contributed by atoms with Crippen LogP contribution in [0.1, 0.15) is 30.7 Å². The molecule has 1 aromatic heterocycles. The minimum Gasteiger partial charge on any atom is -0.341 e. The van der Waals surface area contributed by atoms with Crippen LogP contribution in [0, 0.1) is 19.8 Å². The van der Waals surface area contributed by atoms with E-state index in [2.05, 4.69) is 10.3 Å². The molecule has 1 aromatic rings. The summed E-state index contributed by atoms with van der Waals surface area (Å²) in [6, 6.07) is 2.40. The van der Waals surface area contributed by atoms with Gasteiger partial charge in [0.1, 0.15) is 6.54 Å². The van der Waals surface area contributed by atoms with Crippen molar-refractivity contribution in [1.82, 2.24) is 19.8 Å². The number of hydrogen-bond donors (Lipinski definition) is 1. The van der Waals surface area contributed by atoms with Crippen molar-refractivity contribution < 1.29 is 4.79 Å². The molecule has 2 atom stereocenters. The van der Waals surface area contributed by atoms with E-state index >= 15 is 0 Å². The van der Waals surface area contributed by atoms with Crippen LogP contribution in [-0.4, -0.2) is 46.0 Å². The second-order valence-electron chi connectivity index (χ2n) is 6.50. The van der Waals surface area contributed by atoms with Gasteiger partial charge in [-0.25, -0.2) is 4.79 Å². The maximum Gasteiger partial charge on any atom is 0.348 e. The first-order valence-corrected chi connectivity index (χ1v) is 8.11. The molecule has 0 radical (unpaired) electrons. The maximum absolute atomic E-state index is 12.5. The maximum atomic E-state index is 12.5. The van der Waals surface area contributed by atoms with Crippen molar-refractivity contribution in [3.63, 3.8) is 0 Å². The van der Waals surface area contributed by atoms with Crippen LogP contribution < -0.4 is 11.0 Å². The molecule has 2 fully saturated rings. The third kappa shape index (κ3) is 3.06. The number of nitrogens with one attached hydrogen (secondary N) is 1. The Labute approximate surface area is 130 Å². The number of piperidine rings is 2. The van der Waals surface area contributed by atoms with Gasteiger partial charge in [0.25, 0.3) is 0 Å². The number of aromatic nitrogens is 2. The number of rotatable bonds is 2. The van der Waals surface area contributed by atoms with Crippen molar-refractivity contribution in [3.8, 4) is 0 Å². The third-order valence-electron chi connectivity index (χ3n) is 4.88.